The van der Waals surface area contributed by atoms with Crippen molar-refractivity contribution in [2.75, 3.05) is 7.05 Å². The molecule has 0 fully saturated rings. The molecule has 0 atom stereocenters. The maximum absolute atomic E-state index is 11.1. The summed E-state index contributed by atoms with van der Waals surface area (Å²) in [4.78, 5) is 25.2. The van der Waals surface area contributed by atoms with Crippen LogP contribution >= 0.6 is 0 Å². The molecule has 1 aromatic rings. The molecule has 0 saturated carbocycles. The van der Waals surface area contributed by atoms with Crippen molar-refractivity contribution in [3.63, 3.8) is 0 Å². The zero-order chi connectivity index (χ0) is 9.84. The van der Waals surface area contributed by atoms with Crippen molar-refractivity contribution in [2.45, 2.75) is 0 Å². The number of nitrogens with zero attached hydrogens (tertiary/aromatic N) is 2. The van der Waals surface area contributed by atoms with Gasteiger partial charge in [-0.05, 0) is 0 Å². The predicted molar refractivity (Wildman–Crippen MR) is 41.3 cm³/mol. The van der Waals surface area contributed by atoms with Crippen LogP contribution in [0.1, 0.15) is 10.5 Å². The highest BCUT2D eigenvalue weighted by Gasteiger charge is 2.12. The van der Waals surface area contributed by atoms with Crippen LogP contribution in [0.25, 0.3) is 0 Å². The molecule has 1 aromatic heterocycles. The molecule has 13 heavy (non-hydrogen) atoms. The quantitative estimate of drug-likeness (QED) is 0.565. The molecule has 1 heterocycles. The number of aromatic nitrogens is 1. The molecule has 0 aliphatic rings. The van der Waals surface area contributed by atoms with Crippen LogP contribution in [0.5, 0.6) is 0 Å². The number of oxazole rings is 1. The molecule has 0 bridgehead atoms. The summed E-state index contributed by atoms with van der Waals surface area (Å²) in [5.41, 5.74) is 7.12. The standard InChI is InChI=1S/C6H8N4O3/c1-10(6(7)12)9-5(11)4-2-13-3-8-4/h2-3H,1H3,(H2,7,12)(H,9,11). The van der Waals surface area contributed by atoms with Crippen LogP contribution in [0.4, 0.5) is 4.79 Å². The van der Waals surface area contributed by atoms with Crippen LogP contribution in [0.15, 0.2) is 17.1 Å². The summed E-state index contributed by atoms with van der Waals surface area (Å²) in [6.45, 7) is 0. The second-order valence-corrected chi connectivity index (χ2v) is 2.21. The van der Waals surface area contributed by atoms with Gasteiger partial charge in [-0.2, -0.15) is 0 Å². The van der Waals surface area contributed by atoms with Crippen molar-refractivity contribution in [1.29, 1.82) is 0 Å². The largest absolute Gasteiger partial charge is 0.451 e. The van der Waals surface area contributed by atoms with E-state index in [1.54, 1.807) is 0 Å². The van der Waals surface area contributed by atoms with E-state index in [9.17, 15) is 9.59 Å². The number of urea groups is 1. The highest BCUT2D eigenvalue weighted by atomic mass is 16.3. The minimum atomic E-state index is -0.767. The molecule has 7 heteroatoms. The van der Waals surface area contributed by atoms with Crippen LogP contribution in [0.2, 0.25) is 0 Å². The SMILES string of the molecule is CN(NC(=O)c1cocn1)C(N)=O. The Kier molecular flexibility index (Phi) is 2.48. The Balaban J connectivity index is 2.56. The molecule has 3 N–H and O–H groups in total. The molecule has 1 rings (SSSR count). The highest BCUT2D eigenvalue weighted by Crippen LogP contribution is 1.93. The van der Waals surface area contributed by atoms with E-state index >= 15 is 0 Å². The first kappa shape index (κ1) is 9.04. The minimum absolute atomic E-state index is 0.0769. The molecule has 0 spiro atoms. The molecular formula is C6H8N4O3. The van der Waals surface area contributed by atoms with E-state index in [4.69, 9.17) is 5.73 Å². The Morgan fingerprint density at radius 2 is 2.38 bits per heavy atom. The molecule has 0 aliphatic carbocycles. The number of hydrazine groups is 1. The number of nitrogens with two attached hydrogens (primary N) is 1. The fraction of sp³-hybridized carbons (Fsp3) is 0.167. The lowest BCUT2D eigenvalue weighted by Gasteiger charge is -2.13. The Bertz CT molecular complexity index is 308. The minimum Gasteiger partial charge on any atom is -0.451 e. The molecule has 0 aromatic carbocycles. The van der Waals surface area contributed by atoms with Crippen LogP contribution in [-0.2, 0) is 0 Å². The molecular weight excluding hydrogens is 176 g/mol. The Morgan fingerprint density at radius 1 is 1.69 bits per heavy atom. The number of nitrogens with one attached hydrogen (secondary N) is 1. The Labute approximate surface area is 73.5 Å². The van der Waals surface area contributed by atoms with Gasteiger partial charge in [0.15, 0.2) is 12.1 Å². The fourth-order valence-corrected chi connectivity index (χ4v) is 0.589. The molecule has 70 valence electrons. The first-order valence-electron chi connectivity index (χ1n) is 3.33. The van der Waals surface area contributed by atoms with Crippen LogP contribution in [0, 0.1) is 0 Å². The molecule has 0 radical (unpaired) electrons. The van der Waals surface area contributed by atoms with Gasteiger partial charge in [-0.25, -0.2) is 14.8 Å². The van der Waals surface area contributed by atoms with Crippen molar-refractivity contribution in [2.24, 2.45) is 5.73 Å². The maximum atomic E-state index is 11.1. The van der Waals surface area contributed by atoms with Gasteiger partial charge >= 0.3 is 6.03 Å². The summed E-state index contributed by atoms with van der Waals surface area (Å²) in [5, 5.41) is 0.844. The summed E-state index contributed by atoms with van der Waals surface area (Å²) in [5.74, 6) is -0.560. The van der Waals surface area contributed by atoms with Gasteiger partial charge in [-0.15, -0.1) is 0 Å². The number of carbonyl (C=O) groups excluding carboxylic acids is 2. The topological polar surface area (TPSA) is 101 Å². The average Bonchev–Trinajstić information content (AvgIpc) is 2.55. The summed E-state index contributed by atoms with van der Waals surface area (Å²) in [6, 6.07) is -0.767. The smallest absolute Gasteiger partial charge is 0.333 e. The zero-order valence-electron chi connectivity index (χ0n) is 6.85. The maximum Gasteiger partial charge on any atom is 0.333 e. The van der Waals surface area contributed by atoms with Gasteiger partial charge in [0.2, 0.25) is 0 Å². The van der Waals surface area contributed by atoms with Gasteiger partial charge in [0.1, 0.15) is 6.26 Å². The highest BCUT2D eigenvalue weighted by molar-refractivity contribution is 5.92. The molecule has 0 aliphatic heterocycles. The second kappa shape index (κ2) is 3.57. The first-order valence-corrected chi connectivity index (χ1v) is 3.33. The van der Waals surface area contributed by atoms with Crippen molar-refractivity contribution >= 4 is 11.9 Å². The van der Waals surface area contributed by atoms with E-state index in [0.29, 0.717) is 0 Å². The lowest BCUT2D eigenvalue weighted by atomic mass is 10.5. The number of hydrogen-bond donors (Lipinski definition) is 2. The van der Waals surface area contributed by atoms with Gasteiger partial charge in [0.05, 0.1) is 0 Å². The van der Waals surface area contributed by atoms with E-state index in [2.05, 4.69) is 14.8 Å². The van der Waals surface area contributed by atoms with E-state index < -0.39 is 11.9 Å². The molecule has 0 saturated heterocycles. The third-order valence-corrected chi connectivity index (χ3v) is 1.26. The van der Waals surface area contributed by atoms with E-state index in [1.165, 1.54) is 7.05 Å². The van der Waals surface area contributed by atoms with E-state index in [1.807, 2.05) is 0 Å². The lowest BCUT2D eigenvalue weighted by Crippen LogP contribution is -2.46. The number of carbonyl (C=O) groups is 2. The lowest BCUT2D eigenvalue weighted by molar-refractivity contribution is 0.0854. The molecule has 0 unspecified atom stereocenters. The van der Waals surface area contributed by atoms with Gasteiger partial charge in [-0.1, -0.05) is 0 Å². The van der Waals surface area contributed by atoms with Crippen molar-refractivity contribution in [3.8, 4) is 0 Å². The Morgan fingerprint density at radius 3 is 2.85 bits per heavy atom. The van der Waals surface area contributed by atoms with Crippen LogP contribution in [0.3, 0.4) is 0 Å². The van der Waals surface area contributed by atoms with Crippen LogP contribution < -0.4 is 11.2 Å². The summed E-state index contributed by atoms with van der Waals surface area (Å²) in [6.07, 6.45) is 2.27. The van der Waals surface area contributed by atoms with E-state index in [-0.39, 0.29) is 5.69 Å². The van der Waals surface area contributed by atoms with Crippen molar-refractivity contribution in [1.82, 2.24) is 15.4 Å². The van der Waals surface area contributed by atoms with Gasteiger partial charge < -0.3 is 10.2 Å². The van der Waals surface area contributed by atoms with E-state index in [0.717, 1.165) is 17.7 Å². The van der Waals surface area contributed by atoms with Gasteiger partial charge in [0, 0.05) is 7.05 Å². The second-order valence-electron chi connectivity index (χ2n) is 2.21. The molecule has 3 amide bonds. The number of hydrogen-bond acceptors (Lipinski definition) is 4. The van der Waals surface area contributed by atoms with Gasteiger partial charge in [0.25, 0.3) is 5.91 Å². The number of amides is 3. The van der Waals surface area contributed by atoms with Crippen molar-refractivity contribution in [3.05, 3.63) is 18.4 Å². The first-order chi connectivity index (χ1) is 6.11. The number of primary amides is 1. The van der Waals surface area contributed by atoms with Crippen molar-refractivity contribution < 1.29 is 14.0 Å². The van der Waals surface area contributed by atoms with Crippen LogP contribution in [-0.4, -0.2) is 29.0 Å². The normalized spacial score (nSPS) is 9.31. The monoisotopic (exact) mass is 184 g/mol. The zero-order valence-corrected chi connectivity index (χ0v) is 6.85. The fourth-order valence-electron chi connectivity index (χ4n) is 0.589. The summed E-state index contributed by atoms with van der Waals surface area (Å²) in [7, 11) is 1.32. The molecule has 7 nitrogen and oxygen atoms in total. The van der Waals surface area contributed by atoms with Gasteiger partial charge in [-0.3, -0.25) is 10.2 Å². The predicted octanol–water partition coefficient (Wildman–Crippen LogP) is -0.670. The third-order valence-electron chi connectivity index (χ3n) is 1.26. The Hall–Kier alpha value is -2.05. The summed E-state index contributed by atoms with van der Waals surface area (Å²) < 4.78 is 4.57. The number of rotatable bonds is 1. The average molecular weight is 184 g/mol. The third kappa shape index (κ3) is 2.19. The summed E-state index contributed by atoms with van der Waals surface area (Å²) >= 11 is 0.